The van der Waals surface area contributed by atoms with Gasteiger partial charge in [0.2, 0.25) is 15.9 Å². The predicted molar refractivity (Wildman–Crippen MR) is 79.2 cm³/mol. The molecular weight excluding hydrogens is 278 g/mol. The third-order valence-corrected chi connectivity index (χ3v) is 4.49. The molecular formula is C13H19N3O3S. The number of carbonyl (C=O) groups is 1. The van der Waals surface area contributed by atoms with Crippen molar-refractivity contribution in [2.45, 2.75) is 25.8 Å². The Morgan fingerprint density at radius 2 is 1.95 bits per heavy atom. The highest BCUT2D eigenvalue weighted by molar-refractivity contribution is 7.92. The fourth-order valence-corrected chi connectivity index (χ4v) is 2.65. The van der Waals surface area contributed by atoms with Gasteiger partial charge in [-0.3, -0.25) is 9.52 Å². The van der Waals surface area contributed by atoms with E-state index in [-0.39, 0.29) is 17.7 Å². The van der Waals surface area contributed by atoms with Gasteiger partial charge in [0.1, 0.15) is 0 Å². The van der Waals surface area contributed by atoms with Crippen LogP contribution in [0.25, 0.3) is 0 Å². The molecule has 1 aromatic rings. The lowest BCUT2D eigenvalue weighted by molar-refractivity contribution is -0.117. The second-order valence-corrected chi connectivity index (χ2v) is 6.73. The first-order valence-electron chi connectivity index (χ1n) is 6.65. The summed E-state index contributed by atoms with van der Waals surface area (Å²) >= 11 is 0. The topological polar surface area (TPSA) is 87.3 Å². The molecule has 0 bridgehead atoms. The second kappa shape index (κ2) is 6.23. The molecule has 1 fully saturated rings. The van der Waals surface area contributed by atoms with Crippen LogP contribution in [0.1, 0.15) is 19.8 Å². The van der Waals surface area contributed by atoms with Crippen molar-refractivity contribution in [3.05, 3.63) is 24.3 Å². The maximum atomic E-state index is 11.9. The molecule has 110 valence electrons. The zero-order valence-electron chi connectivity index (χ0n) is 11.3. The van der Waals surface area contributed by atoms with Crippen LogP contribution in [0.15, 0.2) is 24.3 Å². The van der Waals surface area contributed by atoms with E-state index in [2.05, 4.69) is 15.4 Å². The smallest absolute Gasteiger partial charge is 0.241 e. The highest BCUT2D eigenvalue weighted by Crippen LogP contribution is 2.16. The van der Waals surface area contributed by atoms with Crippen molar-refractivity contribution in [1.82, 2.24) is 5.32 Å². The monoisotopic (exact) mass is 297 g/mol. The van der Waals surface area contributed by atoms with E-state index in [1.807, 2.05) is 0 Å². The zero-order valence-corrected chi connectivity index (χ0v) is 12.2. The standard InChI is InChI=1S/C13H19N3O3S/c1-2-20(18,19)16-11-7-5-10(6-8-11)15-13(17)12-4-3-9-14-12/h5-8,12,14,16H,2-4,9H2,1H3,(H,15,17). The van der Waals surface area contributed by atoms with Crippen molar-refractivity contribution in [3.8, 4) is 0 Å². The van der Waals surface area contributed by atoms with Gasteiger partial charge in [-0.15, -0.1) is 0 Å². The summed E-state index contributed by atoms with van der Waals surface area (Å²) in [7, 11) is -3.27. The van der Waals surface area contributed by atoms with Crippen LogP contribution < -0.4 is 15.4 Å². The Morgan fingerprint density at radius 3 is 2.50 bits per heavy atom. The quantitative estimate of drug-likeness (QED) is 0.760. The van der Waals surface area contributed by atoms with Gasteiger partial charge in [0.05, 0.1) is 11.8 Å². The molecule has 1 atom stereocenters. The number of rotatable bonds is 5. The van der Waals surface area contributed by atoms with E-state index in [9.17, 15) is 13.2 Å². The van der Waals surface area contributed by atoms with Crippen molar-refractivity contribution in [3.63, 3.8) is 0 Å². The zero-order chi connectivity index (χ0) is 14.6. The van der Waals surface area contributed by atoms with Crippen LogP contribution in [-0.2, 0) is 14.8 Å². The van der Waals surface area contributed by atoms with E-state index in [4.69, 9.17) is 0 Å². The van der Waals surface area contributed by atoms with E-state index >= 15 is 0 Å². The van der Waals surface area contributed by atoms with Crippen LogP contribution >= 0.6 is 0 Å². The minimum atomic E-state index is -3.27. The fourth-order valence-electron chi connectivity index (χ4n) is 2.01. The first-order chi connectivity index (χ1) is 9.50. The molecule has 1 saturated heterocycles. The molecule has 0 aliphatic carbocycles. The van der Waals surface area contributed by atoms with Crippen molar-refractivity contribution in [1.29, 1.82) is 0 Å². The molecule has 7 heteroatoms. The SMILES string of the molecule is CCS(=O)(=O)Nc1ccc(NC(=O)C2CCCN2)cc1. The lowest BCUT2D eigenvalue weighted by Crippen LogP contribution is -2.35. The van der Waals surface area contributed by atoms with Crippen LogP contribution in [0.5, 0.6) is 0 Å². The highest BCUT2D eigenvalue weighted by Gasteiger charge is 2.21. The number of sulfonamides is 1. The number of nitrogens with one attached hydrogen (secondary N) is 3. The Hall–Kier alpha value is -1.60. The lowest BCUT2D eigenvalue weighted by atomic mass is 10.2. The maximum absolute atomic E-state index is 11.9. The molecule has 1 amide bonds. The summed E-state index contributed by atoms with van der Waals surface area (Å²) in [5, 5.41) is 5.93. The van der Waals surface area contributed by atoms with Gasteiger partial charge in [-0.2, -0.15) is 0 Å². The molecule has 2 rings (SSSR count). The summed E-state index contributed by atoms with van der Waals surface area (Å²) in [4.78, 5) is 11.9. The predicted octanol–water partition coefficient (Wildman–Crippen LogP) is 1.14. The fraction of sp³-hybridized carbons (Fsp3) is 0.462. The van der Waals surface area contributed by atoms with E-state index in [0.29, 0.717) is 11.4 Å². The Morgan fingerprint density at radius 1 is 1.30 bits per heavy atom. The average Bonchev–Trinajstić information content (AvgIpc) is 2.95. The molecule has 0 radical (unpaired) electrons. The number of hydrogen-bond donors (Lipinski definition) is 3. The molecule has 3 N–H and O–H groups in total. The van der Waals surface area contributed by atoms with E-state index in [1.54, 1.807) is 31.2 Å². The van der Waals surface area contributed by atoms with E-state index in [0.717, 1.165) is 19.4 Å². The third kappa shape index (κ3) is 3.94. The first-order valence-corrected chi connectivity index (χ1v) is 8.30. The maximum Gasteiger partial charge on any atom is 0.241 e. The van der Waals surface area contributed by atoms with Crippen molar-refractivity contribution >= 4 is 27.3 Å². The summed E-state index contributed by atoms with van der Waals surface area (Å²) in [5.74, 6) is -0.0249. The average molecular weight is 297 g/mol. The first kappa shape index (κ1) is 14.8. The normalized spacial score (nSPS) is 18.8. The molecule has 6 nitrogen and oxygen atoms in total. The molecule has 0 aromatic heterocycles. The summed E-state index contributed by atoms with van der Waals surface area (Å²) in [6, 6.07) is 6.49. The van der Waals surface area contributed by atoms with Gasteiger partial charge in [-0.1, -0.05) is 0 Å². The number of anilines is 2. The minimum Gasteiger partial charge on any atom is -0.325 e. The van der Waals surface area contributed by atoms with Crippen molar-refractivity contribution < 1.29 is 13.2 Å². The highest BCUT2D eigenvalue weighted by atomic mass is 32.2. The number of carbonyl (C=O) groups excluding carboxylic acids is 1. The number of amides is 1. The summed E-state index contributed by atoms with van der Waals surface area (Å²) in [6.45, 7) is 2.45. The van der Waals surface area contributed by atoms with Crippen LogP contribution in [0, 0.1) is 0 Å². The largest absolute Gasteiger partial charge is 0.325 e. The van der Waals surface area contributed by atoms with E-state index < -0.39 is 10.0 Å². The van der Waals surface area contributed by atoms with Gasteiger partial charge in [0.15, 0.2) is 0 Å². The van der Waals surface area contributed by atoms with Gasteiger partial charge in [0.25, 0.3) is 0 Å². The number of hydrogen-bond acceptors (Lipinski definition) is 4. The van der Waals surface area contributed by atoms with Gasteiger partial charge in [-0.05, 0) is 50.6 Å². The van der Waals surface area contributed by atoms with Crippen molar-refractivity contribution in [2.24, 2.45) is 0 Å². The van der Waals surface area contributed by atoms with Gasteiger partial charge in [-0.25, -0.2) is 8.42 Å². The molecule has 0 saturated carbocycles. The summed E-state index contributed by atoms with van der Waals surface area (Å²) < 4.78 is 25.3. The van der Waals surface area contributed by atoms with Crippen LogP contribution in [0.3, 0.4) is 0 Å². The van der Waals surface area contributed by atoms with Crippen LogP contribution in [0.2, 0.25) is 0 Å². The summed E-state index contributed by atoms with van der Waals surface area (Å²) in [5.41, 5.74) is 1.15. The van der Waals surface area contributed by atoms with Gasteiger partial charge < -0.3 is 10.6 Å². The lowest BCUT2D eigenvalue weighted by Gasteiger charge is -2.12. The second-order valence-electron chi connectivity index (χ2n) is 4.72. The molecule has 1 aliphatic rings. The molecule has 1 unspecified atom stereocenters. The van der Waals surface area contributed by atoms with Gasteiger partial charge in [0, 0.05) is 11.4 Å². The Labute approximate surface area is 119 Å². The van der Waals surface area contributed by atoms with Gasteiger partial charge >= 0.3 is 0 Å². The Balaban J connectivity index is 1.96. The van der Waals surface area contributed by atoms with Crippen LogP contribution in [0.4, 0.5) is 11.4 Å². The Bertz CT molecular complexity index is 563. The molecule has 0 spiro atoms. The minimum absolute atomic E-state index is 0.0266. The summed E-state index contributed by atoms with van der Waals surface area (Å²) in [6.07, 6.45) is 1.86. The number of benzene rings is 1. The van der Waals surface area contributed by atoms with E-state index in [1.165, 1.54) is 0 Å². The van der Waals surface area contributed by atoms with Crippen molar-refractivity contribution in [2.75, 3.05) is 22.3 Å². The third-order valence-electron chi connectivity index (χ3n) is 3.18. The molecule has 1 heterocycles. The molecule has 1 aliphatic heterocycles. The Kier molecular flexibility index (Phi) is 4.61. The molecule has 20 heavy (non-hydrogen) atoms. The van der Waals surface area contributed by atoms with Crippen LogP contribution in [-0.4, -0.2) is 32.7 Å². The molecule has 1 aromatic carbocycles.